The summed E-state index contributed by atoms with van der Waals surface area (Å²) in [5.74, 6) is -0.272. The van der Waals surface area contributed by atoms with Crippen LogP contribution in [0.5, 0.6) is 5.75 Å². The minimum atomic E-state index is -0.402. The van der Waals surface area contributed by atoms with Crippen LogP contribution >= 0.6 is 15.9 Å². The van der Waals surface area contributed by atoms with Crippen LogP contribution in [0.1, 0.15) is 31.8 Å². The first-order valence-electron chi connectivity index (χ1n) is 8.50. The van der Waals surface area contributed by atoms with Gasteiger partial charge in [0.15, 0.2) is 0 Å². The molecule has 3 aromatic rings. The van der Waals surface area contributed by atoms with E-state index in [4.69, 9.17) is 4.74 Å². The highest BCUT2D eigenvalue weighted by molar-refractivity contribution is 9.10. The predicted octanol–water partition coefficient (Wildman–Crippen LogP) is 4.74. The van der Waals surface area contributed by atoms with Crippen LogP contribution in [0.15, 0.2) is 82.4 Å². The monoisotopic (exact) mass is 436 g/mol. The van der Waals surface area contributed by atoms with Crippen LogP contribution in [0.3, 0.4) is 0 Å². The molecule has 0 heterocycles. The third-order valence-electron chi connectivity index (χ3n) is 3.92. The van der Waals surface area contributed by atoms with Crippen molar-refractivity contribution >= 4 is 34.0 Å². The molecule has 0 bridgehead atoms. The third kappa shape index (κ3) is 5.14. The number of halogens is 1. The molecule has 0 aromatic heterocycles. The second-order valence-electron chi connectivity index (χ2n) is 5.98. The van der Waals surface area contributed by atoms with E-state index >= 15 is 0 Å². The van der Waals surface area contributed by atoms with Gasteiger partial charge in [-0.1, -0.05) is 40.2 Å². The van der Waals surface area contributed by atoms with Crippen molar-refractivity contribution in [3.8, 4) is 5.75 Å². The van der Waals surface area contributed by atoms with Crippen molar-refractivity contribution in [3.05, 3.63) is 99.5 Å². The van der Waals surface area contributed by atoms with Gasteiger partial charge in [-0.05, 0) is 66.6 Å². The minimum Gasteiger partial charge on any atom is -0.423 e. The number of carbonyl (C=O) groups excluding carboxylic acids is 2. The Balaban J connectivity index is 1.58. The molecule has 0 fully saturated rings. The molecule has 5 nitrogen and oxygen atoms in total. The van der Waals surface area contributed by atoms with E-state index in [-0.39, 0.29) is 5.91 Å². The van der Waals surface area contributed by atoms with Crippen molar-refractivity contribution in [2.75, 3.05) is 0 Å². The van der Waals surface area contributed by atoms with E-state index in [0.717, 1.165) is 15.6 Å². The van der Waals surface area contributed by atoms with E-state index in [1.165, 1.54) is 6.21 Å². The average molecular weight is 437 g/mol. The standard InChI is InChI=1S/C22H17BrN2O3/c1-15-5-2-3-8-20(15)22(27)28-19-11-9-16(10-12-19)14-24-25-21(26)17-6-4-7-18(23)13-17/h2-14H,1H3,(H,25,26). The van der Waals surface area contributed by atoms with Gasteiger partial charge in [-0.3, -0.25) is 4.79 Å². The second kappa shape index (κ2) is 9.10. The molecule has 0 saturated carbocycles. The van der Waals surface area contributed by atoms with Gasteiger partial charge in [-0.25, -0.2) is 10.2 Å². The first-order valence-corrected chi connectivity index (χ1v) is 9.29. The highest BCUT2D eigenvalue weighted by Gasteiger charge is 2.10. The zero-order valence-corrected chi connectivity index (χ0v) is 16.6. The fraction of sp³-hybridized carbons (Fsp3) is 0.0455. The topological polar surface area (TPSA) is 67.8 Å². The molecule has 6 heteroatoms. The molecule has 0 aliphatic carbocycles. The molecule has 0 aliphatic rings. The normalized spacial score (nSPS) is 10.6. The molecular formula is C22H17BrN2O3. The summed E-state index contributed by atoms with van der Waals surface area (Å²) in [7, 11) is 0. The van der Waals surface area contributed by atoms with Crippen LogP contribution in [-0.2, 0) is 0 Å². The summed E-state index contributed by atoms with van der Waals surface area (Å²) in [6.07, 6.45) is 1.52. The van der Waals surface area contributed by atoms with E-state index in [2.05, 4.69) is 26.5 Å². The number of nitrogens with one attached hydrogen (secondary N) is 1. The minimum absolute atomic E-state index is 0.304. The maximum absolute atomic E-state index is 12.2. The van der Waals surface area contributed by atoms with Gasteiger partial charge in [0.25, 0.3) is 5.91 Å². The van der Waals surface area contributed by atoms with Crippen LogP contribution in [-0.4, -0.2) is 18.1 Å². The van der Waals surface area contributed by atoms with Crippen LogP contribution in [0, 0.1) is 6.92 Å². The van der Waals surface area contributed by atoms with Gasteiger partial charge in [0.05, 0.1) is 11.8 Å². The van der Waals surface area contributed by atoms with Gasteiger partial charge < -0.3 is 4.74 Å². The Bertz CT molecular complexity index is 1030. The largest absolute Gasteiger partial charge is 0.423 e. The summed E-state index contributed by atoms with van der Waals surface area (Å²) in [4.78, 5) is 24.2. The Kier molecular flexibility index (Phi) is 6.34. The van der Waals surface area contributed by atoms with Crippen molar-refractivity contribution in [2.45, 2.75) is 6.92 Å². The van der Waals surface area contributed by atoms with Gasteiger partial charge >= 0.3 is 5.97 Å². The van der Waals surface area contributed by atoms with E-state index in [1.807, 2.05) is 25.1 Å². The first kappa shape index (κ1) is 19.5. The van der Waals surface area contributed by atoms with Gasteiger partial charge in [-0.2, -0.15) is 5.10 Å². The van der Waals surface area contributed by atoms with Gasteiger partial charge in [-0.15, -0.1) is 0 Å². The maximum atomic E-state index is 12.2. The second-order valence-corrected chi connectivity index (χ2v) is 6.90. The molecule has 0 unspecified atom stereocenters. The Morgan fingerprint density at radius 1 is 1.00 bits per heavy atom. The number of amides is 1. The smallest absolute Gasteiger partial charge is 0.343 e. The quantitative estimate of drug-likeness (QED) is 0.271. The van der Waals surface area contributed by atoms with Crippen LogP contribution in [0.2, 0.25) is 0 Å². The Morgan fingerprint density at radius 3 is 2.46 bits per heavy atom. The van der Waals surface area contributed by atoms with E-state index < -0.39 is 5.97 Å². The van der Waals surface area contributed by atoms with Gasteiger partial charge in [0.2, 0.25) is 0 Å². The maximum Gasteiger partial charge on any atom is 0.343 e. The van der Waals surface area contributed by atoms with Gasteiger partial charge in [0.1, 0.15) is 5.75 Å². The predicted molar refractivity (Wildman–Crippen MR) is 112 cm³/mol. The molecule has 1 amide bonds. The number of aryl methyl sites for hydroxylation is 1. The molecular weight excluding hydrogens is 420 g/mol. The molecule has 0 aliphatic heterocycles. The number of esters is 1. The number of nitrogens with zero attached hydrogens (tertiary/aromatic N) is 1. The lowest BCUT2D eigenvalue weighted by atomic mass is 10.1. The molecule has 0 saturated heterocycles. The lowest BCUT2D eigenvalue weighted by Crippen LogP contribution is -2.17. The molecule has 28 heavy (non-hydrogen) atoms. The number of hydrogen-bond acceptors (Lipinski definition) is 4. The molecule has 1 N–H and O–H groups in total. The summed E-state index contributed by atoms with van der Waals surface area (Å²) in [6, 6.07) is 21.1. The summed E-state index contributed by atoms with van der Waals surface area (Å²) in [6.45, 7) is 1.86. The zero-order valence-electron chi connectivity index (χ0n) is 15.1. The summed E-state index contributed by atoms with van der Waals surface area (Å²) in [5.41, 5.74) is 5.12. The van der Waals surface area contributed by atoms with E-state index in [1.54, 1.807) is 54.6 Å². The Morgan fingerprint density at radius 2 is 1.75 bits per heavy atom. The number of rotatable bonds is 5. The Hall–Kier alpha value is -3.25. The lowest BCUT2D eigenvalue weighted by molar-refractivity contribution is 0.0733. The van der Waals surface area contributed by atoms with Gasteiger partial charge in [0, 0.05) is 10.0 Å². The summed E-state index contributed by atoms with van der Waals surface area (Å²) >= 11 is 3.32. The molecule has 0 spiro atoms. The summed E-state index contributed by atoms with van der Waals surface area (Å²) < 4.78 is 6.21. The van der Waals surface area contributed by atoms with Crippen LogP contribution in [0.25, 0.3) is 0 Å². The molecule has 0 radical (unpaired) electrons. The SMILES string of the molecule is Cc1ccccc1C(=O)Oc1ccc(C=NNC(=O)c2cccc(Br)c2)cc1. The van der Waals surface area contributed by atoms with Crippen molar-refractivity contribution in [2.24, 2.45) is 5.10 Å². The molecule has 140 valence electrons. The Labute approximate surface area is 171 Å². The summed E-state index contributed by atoms with van der Waals surface area (Å²) in [5, 5.41) is 3.95. The first-order chi connectivity index (χ1) is 13.5. The fourth-order valence-electron chi connectivity index (χ4n) is 2.45. The molecule has 3 rings (SSSR count). The number of hydrogen-bond donors (Lipinski definition) is 1. The van der Waals surface area contributed by atoms with Crippen molar-refractivity contribution in [1.29, 1.82) is 0 Å². The molecule has 3 aromatic carbocycles. The van der Waals surface area contributed by atoms with Crippen molar-refractivity contribution < 1.29 is 14.3 Å². The molecule has 0 atom stereocenters. The number of ether oxygens (including phenoxy) is 1. The van der Waals surface area contributed by atoms with Crippen molar-refractivity contribution in [1.82, 2.24) is 5.43 Å². The van der Waals surface area contributed by atoms with Crippen LogP contribution < -0.4 is 10.2 Å². The highest BCUT2D eigenvalue weighted by Crippen LogP contribution is 2.15. The lowest BCUT2D eigenvalue weighted by Gasteiger charge is -2.06. The fourth-order valence-corrected chi connectivity index (χ4v) is 2.84. The number of benzene rings is 3. The number of hydrazone groups is 1. The average Bonchev–Trinajstić information content (AvgIpc) is 2.69. The third-order valence-corrected chi connectivity index (χ3v) is 4.42. The van der Waals surface area contributed by atoms with Crippen molar-refractivity contribution in [3.63, 3.8) is 0 Å². The highest BCUT2D eigenvalue weighted by atomic mass is 79.9. The number of carbonyl (C=O) groups is 2. The van der Waals surface area contributed by atoms with Crippen LogP contribution in [0.4, 0.5) is 0 Å². The van der Waals surface area contributed by atoms with E-state index in [0.29, 0.717) is 16.9 Å². The zero-order chi connectivity index (χ0) is 19.9. The van der Waals surface area contributed by atoms with E-state index in [9.17, 15) is 9.59 Å².